The van der Waals surface area contributed by atoms with E-state index in [9.17, 15) is 9.59 Å². The van der Waals surface area contributed by atoms with Gasteiger partial charge in [0.2, 0.25) is 0 Å². The zero-order valence-electron chi connectivity index (χ0n) is 20.0. The van der Waals surface area contributed by atoms with Gasteiger partial charge in [0.25, 0.3) is 11.8 Å². The molecule has 4 aromatic rings. The molecule has 0 aliphatic carbocycles. The Kier molecular flexibility index (Phi) is 7.19. The lowest BCUT2D eigenvalue weighted by atomic mass is 10.1. The highest BCUT2D eigenvalue weighted by Crippen LogP contribution is 2.42. The van der Waals surface area contributed by atoms with E-state index >= 15 is 0 Å². The van der Waals surface area contributed by atoms with E-state index in [0.29, 0.717) is 28.5 Å². The lowest BCUT2D eigenvalue weighted by Crippen LogP contribution is -2.37. The number of aromatic nitrogens is 2. The van der Waals surface area contributed by atoms with Gasteiger partial charge in [-0.25, -0.2) is 9.97 Å². The third kappa shape index (κ3) is 4.95. The van der Waals surface area contributed by atoms with E-state index in [1.54, 1.807) is 0 Å². The van der Waals surface area contributed by atoms with Crippen LogP contribution in [0.25, 0.3) is 31.4 Å². The number of imide groups is 1. The van der Waals surface area contributed by atoms with Gasteiger partial charge in [0.05, 0.1) is 10.3 Å². The Labute approximate surface area is 231 Å². The molecule has 12 heteroatoms. The number of anilines is 1. The molecule has 5 rings (SSSR count). The van der Waals surface area contributed by atoms with E-state index in [4.69, 9.17) is 32.9 Å². The first-order valence-electron chi connectivity index (χ1n) is 11.2. The summed E-state index contributed by atoms with van der Waals surface area (Å²) in [6.07, 6.45) is 0. The van der Waals surface area contributed by atoms with Crippen molar-refractivity contribution in [2.75, 3.05) is 32.7 Å². The largest absolute Gasteiger partial charge is 0.492 e. The fourth-order valence-electron chi connectivity index (χ4n) is 3.74. The Bertz CT molecular complexity index is 1510. The van der Waals surface area contributed by atoms with Crippen LogP contribution in [0.3, 0.4) is 0 Å². The van der Waals surface area contributed by atoms with Crippen molar-refractivity contribution in [1.29, 1.82) is 0 Å². The molecule has 8 nitrogen and oxygen atoms in total. The molecule has 0 saturated heterocycles. The van der Waals surface area contributed by atoms with Gasteiger partial charge in [0, 0.05) is 11.4 Å². The summed E-state index contributed by atoms with van der Waals surface area (Å²) in [4.78, 5) is 39.2. The van der Waals surface area contributed by atoms with E-state index in [1.165, 1.54) is 22.7 Å². The summed E-state index contributed by atoms with van der Waals surface area (Å²) in [5.74, 6) is 0.109. The Hall–Kier alpha value is -3.02. The lowest BCUT2D eigenvalue weighted by Gasteiger charge is -2.17. The van der Waals surface area contributed by atoms with Crippen molar-refractivity contribution in [1.82, 2.24) is 19.9 Å². The molecule has 2 amide bonds. The molecule has 37 heavy (non-hydrogen) atoms. The number of likely N-dealkylation sites (N-methyl/N-ethyl adjacent to an activating group) is 1. The molecule has 0 atom stereocenters. The molecule has 4 heterocycles. The molecule has 190 valence electrons. The van der Waals surface area contributed by atoms with Crippen LogP contribution in [0.15, 0.2) is 51.8 Å². The Balaban J connectivity index is 1.54. The highest BCUT2D eigenvalue weighted by Gasteiger charge is 2.38. The fraction of sp³-hybridized carbons (Fsp3) is 0.200. The van der Waals surface area contributed by atoms with Gasteiger partial charge in [0.15, 0.2) is 11.6 Å². The summed E-state index contributed by atoms with van der Waals surface area (Å²) in [6, 6.07) is 11.7. The third-order valence-corrected chi connectivity index (χ3v) is 8.55. The number of carbonyl (C=O) groups is 2. The van der Waals surface area contributed by atoms with Crippen LogP contribution in [0.5, 0.6) is 5.75 Å². The number of thiophene rings is 2. The second kappa shape index (κ2) is 10.4. The fourth-order valence-corrected chi connectivity index (χ4v) is 5.92. The maximum absolute atomic E-state index is 12.6. The number of hydrogen-bond donors (Lipinski definition) is 1. The van der Waals surface area contributed by atoms with Gasteiger partial charge >= 0.3 is 0 Å². The number of benzene rings is 1. The lowest BCUT2D eigenvalue weighted by molar-refractivity contribution is -0.135. The normalized spacial score (nSPS) is 13.9. The number of nitrogens with zero attached hydrogens (tertiary/aromatic N) is 4. The molecule has 1 N–H and O–H groups in total. The number of nitrogens with one attached hydrogen (secondary N) is 1. The van der Waals surface area contributed by atoms with E-state index in [1.807, 2.05) is 62.8 Å². The molecule has 1 aliphatic heterocycles. The Morgan fingerprint density at radius 3 is 2.38 bits per heavy atom. The topological polar surface area (TPSA) is 87.7 Å². The summed E-state index contributed by atoms with van der Waals surface area (Å²) in [5, 5.41) is 2.74. The minimum Gasteiger partial charge on any atom is -0.492 e. The monoisotopic (exact) mass is 573 g/mol. The first-order chi connectivity index (χ1) is 17.7. The zero-order valence-corrected chi connectivity index (χ0v) is 23.2. The highest BCUT2D eigenvalue weighted by atomic mass is 35.5. The SMILES string of the molecule is Cc1c(-c2ccc(OCCN(C)C)cc2)sc2nc(-c3cccs3)nc(NN3C(=O)C(Cl)=C(Cl)C3=O)c12. The van der Waals surface area contributed by atoms with Crippen molar-refractivity contribution in [3.05, 3.63) is 57.4 Å². The molecule has 0 fully saturated rings. The Morgan fingerprint density at radius 1 is 1.05 bits per heavy atom. The number of carbonyl (C=O) groups excluding carboxylic acids is 2. The second-order valence-electron chi connectivity index (χ2n) is 8.47. The van der Waals surface area contributed by atoms with E-state index in [0.717, 1.165) is 38.2 Å². The molecule has 1 aliphatic rings. The number of amides is 2. The van der Waals surface area contributed by atoms with E-state index < -0.39 is 11.8 Å². The summed E-state index contributed by atoms with van der Waals surface area (Å²) in [5.41, 5.74) is 4.75. The standard InChI is InChI=1S/C25H21Cl2N5O3S2/c1-13-17-22(30-32-24(33)18(26)19(27)25(32)34)28-21(16-5-4-12-36-16)29-23(17)37-20(13)14-6-8-15(9-7-14)35-11-10-31(2)3/h4-9,12H,10-11H2,1-3H3,(H,28,29,30). The molecular weight excluding hydrogens is 553 g/mol. The van der Waals surface area contributed by atoms with Gasteiger partial charge < -0.3 is 9.64 Å². The van der Waals surface area contributed by atoms with Crippen molar-refractivity contribution in [2.24, 2.45) is 0 Å². The van der Waals surface area contributed by atoms with Crippen LogP contribution < -0.4 is 10.2 Å². The second-order valence-corrected chi connectivity index (χ2v) is 11.2. The molecule has 0 saturated carbocycles. The van der Waals surface area contributed by atoms with Crippen molar-refractivity contribution < 1.29 is 14.3 Å². The predicted octanol–water partition coefficient (Wildman–Crippen LogP) is 5.72. The maximum atomic E-state index is 12.6. The Morgan fingerprint density at radius 2 is 1.76 bits per heavy atom. The average molecular weight is 575 g/mol. The third-order valence-electron chi connectivity index (χ3n) is 5.65. The van der Waals surface area contributed by atoms with Crippen molar-refractivity contribution in [3.63, 3.8) is 0 Å². The van der Waals surface area contributed by atoms with E-state index in [2.05, 4.69) is 15.3 Å². The van der Waals surface area contributed by atoms with Crippen molar-refractivity contribution in [2.45, 2.75) is 6.92 Å². The molecule has 0 unspecified atom stereocenters. The van der Waals surface area contributed by atoms with Crippen molar-refractivity contribution >= 4 is 73.7 Å². The highest BCUT2D eigenvalue weighted by molar-refractivity contribution is 7.22. The van der Waals surface area contributed by atoms with Crippen LogP contribution in [0.2, 0.25) is 0 Å². The predicted molar refractivity (Wildman–Crippen MR) is 149 cm³/mol. The van der Waals surface area contributed by atoms with Crippen LogP contribution in [-0.2, 0) is 9.59 Å². The van der Waals surface area contributed by atoms with Gasteiger partial charge in [0.1, 0.15) is 27.3 Å². The number of hydrazine groups is 1. The van der Waals surface area contributed by atoms with E-state index in [-0.39, 0.29) is 10.1 Å². The molecule has 0 bridgehead atoms. The summed E-state index contributed by atoms with van der Waals surface area (Å²) in [7, 11) is 4.00. The first-order valence-corrected chi connectivity index (χ1v) is 13.6. The van der Waals surface area contributed by atoms with Gasteiger partial charge in [-0.05, 0) is 67.9 Å². The number of fused-ring (bicyclic) bond motifs is 1. The molecule has 3 aromatic heterocycles. The smallest absolute Gasteiger partial charge is 0.293 e. The minimum absolute atomic E-state index is 0.314. The number of halogens is 2. The summed E-state index contributed by atoms with van der Waals surface area (Å²) in [6.45, 7) is 3.38. The maximum Gasteiger partial charge on any atom is 0.293 e. The van der Waals surface area contributed by atoms with Gasteiger partial charge in [-0.1, -0.05) is 29.3 Å². The van der Waals surface area contributed by atoms with Crippen molar-refractivity contribution in [3.8, 4) is 26.9 Å². The van der Waals surface area contributed by atoms with Crippen LogP contribution >= 0.6 is 45.9 Å². The van der Waals surface area contributed by atoms with Crippen LogP contribution in [0.1, 0.15) is 5.56 Å². The zero-order chi connectivity index (χ0) is 26.3. The number of hydrogen-bond acceptors (Lipinski definition) is 9. The van der Waals surface area contributed by atoms with Gasteiger partial charge in [-0.15, -0.1) is 22.7 Å². The molecule has 1 aromatic carbocycles. The number of ether oxygens (including phenoxy) is 1. The summed E-state index contributed by atoms with van der Waals surface area (Å²) >= 11 is 14.9. The molecular formula is C25H21Cl2N5O3S2. The van der Waals surface area contributed by atoms with Crippen LogP contribution in [0, 0.1) is 6.92 Å². The van der Waals surface area contributed by atoms with Gasteiger partial charge in [-0.3, -0.25) is 15.0 Å². The number of rotatable bonds is 8. The van der Waals surface area contributed by atoms with Gasteiger partial charge in [-0.2, -0.15) is 5.01 Å². The average Bonchev–Trinajstić information content (AvgIpc) is 3.58. The molecule has 0 spiro atoms. The van der Waals surface area contributed by atoms with Crippen LogP contribution in [-0.4, -0.2) is 58.9 Å². The number of aryl methyl sites for hydroxylation is 1. The molecule has 0 radical (unpaired) electrons. The van der Waals surface area contributed by atoms with Crippen LogP contribution in [0.4, 0.5) is 5.82 Å². The quantitative estimate of drug-likeness (QED) is 0.270. The first kappa shape index (κ1) is 25.6. The minimum atomic E-state index is -0.737. The summed E-state index contributed by atoms with van der Waals surface area (Å²) < 4.78 is 5.82.